The van der Waals surface area contributed by atoms with Gasteiger partial charge < -0.3 is 56.1 Å². The van der Waals surface area contributed by atoms with Gasteiger partial charge in [0.25, 0.3) is 0 Å². The number of fused-ring (bicyclic) bond motifs is 5. The summed E-state index contributed by atoms with van der Waals surface area (Å²) in [5.74, 6) is -3.83. The highest BCUT2D eigenvalue weighted by atomic mass is 19.4. The van der Waals surface area contributed by atoms with E-state index in [0.29, 0.717) is 17.4 Å². The molecule has 380 valence electrons. The number of alkyl halides is 9. The van der Waals surface area contributed by atoms with Crippen LogP contribution in [0.4, 0.5) is 44.3 Å². The van der Waals surface area contributed by atoms with Crippen molar-refractivity contribution in [2.75, 3.05) is 39.3 Å². The molecule has 3 fully saturated rings. The molecule has 0 aromatic rings. The predicted molar refractivity (Wildman–Crippen MR) is 214 cm³/mol. The van der Waals surface area contributed by atoms with Crippen molar-refractivity contribution in [3.05, 3.63) is 11.6 Å². The van der Waals surface area contributed by atoms with Crippen LogP contribution in [0.2, 0.25) is 0 Å². The number of unbranched alkanes of at least 4 members (excludes halogenated alkanes) is 1. The maximum Gasteiger partial charge on any atom is 0.430 e. The molecule has 65 heavy (non-hydrogen) atoms. The number of hydrogen-bond donors (Lipinski definition) is 4. The largest absolute Gasteiger partial charge is 0.542 e. The summed E-state index contributed by atoms with van der Waals surface area (Å²) in [6, 6.07) is 0. The topological polar surface area (TPSA) is 220 Å². The number of rotatable bonds is 18. The highest BCUT2D eigenvalue weighted by Crippen LogP contribution is 2.67. The van der Waals surface area contributed by atoms with Crippen molar-refractivity contribution in [2.45, 2.75) is 156 Å². The molecule has 0 heterocycles. The minimum Gasteiger partial charge on any atom is -0.542 e. The lowest BCUT2D eigenvalue weighted by atomic mass is 9.47. The Morgan fingerprint density at radius 3 is 1.74 bits per heavy atom. The summed E-state index contributed by atoms with van der Waals surface area (Å²) in [7, 11) is 0. The number of carbonyl (C=O) groups excluding carboxylic acids is 4. The highest BCUT2D eigenvalue weighted by molar-refractivity contribution is 5.71. The number of carboxylic acids is 3. The van der Waals surface area contributed by atoms with Gasteiger partial charge in [0.2, 0.25) is 0 Å². The quantitative estimate of drug-likeness (QED) is 0.0908. The standard InChI is InChI=1S/C38H70N4O2.3C2HF3O2/c1-28(2)11-8-12-29(3)33-15-16-34-32-14-13-30-27-31(17-19-37(30,4)35(32)18-20-38(33,34)5)44-36(43)42-26-10-25-41-23-7-6-22-40-24-9-21-39;3*3-2(4,5)1(6)7/h13,28-29,31-35,40-41H,6-12,14-27,39H2,1-5H3,(H,42,43);3*(H,6,7)/t29-,31+,32+,33-,34+,35+,37+,38-;;;/m1.../s1. The fourth-order valence-electron chi connectivity index (χ4n) is 10.5. The number of nitrogens with two attached hydrogens (primary N) is 2. The number of amides is 1. The average molecular weight is 957 g/mol. The second kappa shape index (κ2) is 27.5. The number of ether oxygens (including phenoxy) is 1. The summed E-state index contributed by atoms with van der Waals surface area (Å²) < 4.78 is 101. The summed E-state index contributed by atoms with van der Waals surface area (Å²) in [5.41, 5.74) is 6.36. The van der Waals surface area contributed by atoms with Crippen LogP contribution in [0.5, 0.6) is 0 Å². The minimum absolute atomic E-state index is 0.0410. The number of carbonyl (C=O) groups is 4. The van der Waals surface area contributed by atoms with Gasteiger partial charge >= 0.3 is 24.6 Å². The normalized spacial score (nSPS) is 26.5. The van der Waals surface area contributed by atoms with Crippen molar-refractivity contribution < 1.29 is 95.1 Å². The Balaban J connectivity index is 0.000000828. The highest BCUT2D eigenvalue weighted by Gasteiger charge is 2.59. The van der Waals surface area contributed by atoms with Gasteiger partial charge in [-0.3, -0.25) is 0 Å². The Morgan fingerprint density at radius 2 is 1.25 bits per heavy atom. The number of halogens is 9. The van der Waals surface area contributed by atoms with E-state index < -0.39 is 36.4 Å². The molecule has 3 saturated carbocycles. The number of hydrogen-bond acceptors (Lipinski definition) is 8. The molecule has 4 aliphatic carbocycles. The molecule has 0 spiro atoms. The zero-order chi connectivity index (χ0) is 49.8. The van der Waals surface area contributed by atoms with Crippen LogP contribution >= 0.6 is 0 Å². The molecule has 0 aromatic heterocycles. The third kappa shape index (κ3) is 20.6. The van der Waals surface area contributed by atoms with E-state index in [1.165, 1.54) is 96.7 Å². The van der Waals surface area contributed by atoms with E-state index in [9.17, 15) is 44.3 Å². The van der Waals surface area contributed by atoms with Crippen molar-refractivity contribution in [1.29, 1.82) is 0 Å². The van der Waals surface area contributed by atoms with E-state index in [4.69, 9.17) is 34.4 Å². The lowest BCUT2D eigenvalue weighted by molar-refractivity contribution is -0.665. The molecule has 0 bridgehead atoms. The molecule has 21 heteroatoms. The minimum atomic E-state index is -5.19. The van der Waals surface area contributed by atoms with Crippen LogP contribution in [0.25, 0.3) is 0 Å². The first-order valence-corrected chi connectivity index (χ1v) is 22.9. The number of allylic oxidation sites excluding steroid dienone is 1. The Kier molecular flexibility index (Phi) is 25.2. The van der Waals surface area contributed by atoms with Crippen LogP contribution < -0.4 is 37.0 Å². The first kappa shape index (κ1) is 59.7. The summed E-state index contributed by atoms with van der Waals surface area (Å²) >= 11 is 0. The van der Waals surface area contributed by atoms with Crippen LogP contribution in [-0.2, 0) is 19.1 Å². The van der Waals surface area contributed by atoms with Gasteiger partial charge in [-0.25, -0.2) is 4.79 Å². The van der Waals surface area contributed by atoms with E-state index in [1.807, 2.05) is 0 Å². The summed E-state index contributed by atoms with van der Waals surface area (Å²) in [6.07, 6.45) is 6.01. The van der Waals surface area contributed by atoms with Crippen molar-refractivity contribution in [1.82, 2.24) is 5.32 Å². The van der Waals surface area contributed by atoms with E-state index >= 15 is 0 Å². The van der Waals surface area contributed by atoms with Crippen molar-refractivity contribution >= 4 is 24.0 Å². The van der Waals surface area contributed by atoms with Gasteiger partial charge in [0.15, 0.2) is 0 Å². The smallest absolute Gasteiger partial charge is 0.430 e. The third-order valence-corrected chi connectivity index (χ3v) is 13.8. The number of carboxylic acid groups (broad SMARTS) is 3. The van der Waals surface area contributed by atoms with E-state index in [0.717, 1.165) is 67.9 Å². The second-order valence-electron chi connectivity index (χ2n) is 18.8. The number of quaternary nitrogens is 3. The Hall–Kier alpha value is -3.33. The van der Waals surface area contributed by atoms with E-state index in [-0.39, 0.29) is 12.2 Å². The molecule has 8 N–H and O–H groups in total. The van der Waals surface area contributed by atoms with Crippen LogP contribution in [0.3, 0.4) is 0 Å². The van der Waals surface area contributed by atoms with Gasteiger partial charge in [-0.2, -0.15) is 39.5 Å². The predicted octanol–water partition coefficient (Wildman–Crippen LogP) is 2.95. The Bertz CT molecular complexity index is 1440. The average Bonchev–Trinajstić information content (AvgIpc) is 3.55. The molecule has 0 aliphatic heterocycles. The number of nitrogens with one attached hydrogen (secondary N) is 1. The maximum atomic E-state index is 12.6. The Morgan fingerprint density at radius 1 is 0.738 bits per heavy atom. The number of aliphatic carboxylic acids is 3. The molecule has 8 atom stereocenters. The van der Waals surface area contributed by atoms with Gasteiger partial charge in [0.1, 0.15) is 24.0 Å². The molecule has 0 unspecified atom stereocenters. The first-order chi connectivity index (χ1) is 30.0. The summed E-state index contributed by atoms with van der Waals surface area (Å²) in [4.78, 5) is 39.0. The van der Waals surface area contributed by atoms with Crippen molar-refractivity contribution in [2.24, 2.45) is 46.3 Å². The molecule has 4 rings (SSSR count). The fourth-order valence-corrected chi connectivity index (χ4v) is 10.5. The zero-order valence-corrected chi connectivity index (χ0v) is 38.5. The van der Waals surface area contributed by atoms with E-state index in [1.54, 1.807) is 5.57 Å². The van der Waals surface area contributed by atoms with Gasteiger partial charge in [0, 0.05) is 38.6 Å². The van der Waals surface area contributed by atoms with Crippen LogP contribution in [-0.4, -0.2) is 87.9 Å². The van der Waals surface area contributed by atoms with Crippen molar-refractivity contribution in [3.8, 4) is 0 Å². The molecular weight excluding hydrogens is 883 g/mol. The zero-order valence-electron chi connectivity index (χ0n) is 38.5. The summed E-state index contributed by atoms with van der Waals surface area (Å²) in [6.45, 7) is 19.1. The molecule has 0 radical (unpaired) electrons. The maximum absolute atomic E-state index is 12.6. The molecule has 0 saturated heterocycles. The molecule has 4 aliphatic rings. The fraction of sp³-hybridized carbons (Fsp3) is 0.864. The van der Waals surface area contributed by atoms with Crippen LogP contribution in [0, 0.1) is 46.3 Å². The van der Waals surface area contributed by atoms with E-state index in [2.05, 4.69) is 62.4 Å². The molecule has 1 amide bonds. The SMILES string of the molecule is CC(C)CCC[C@@H](C)[C@H]1CC[C@H]2[C@@H]3CC=C4C[C@@H](OC(=O)NCCC[NH2+]CCCC[NH2+]CCC[NH3+])CC[C@]4(C)[C@H]3CC[C@]12C.O=C([O-])C(F)(F)F.O=C([O-])C(F)(F)F.O=C([O-])C(F)(F)F. The van der Waals surface area contributed by atoms with Gasteiger partial charge in [-0.15, -0.1) is 0 Å². The van der Waals surface area contributed by atoms with Gasteiger partial charge in [0.05, 0.1) is 32.7 Å². The molecule has 12 nitrogen and oxygen atoms in total. The number of alkyl carbamates (subject to hydrolysis) is 1. The van der Waals surface area contributed by atoms with Gasteiger partial charge in [-0.05, 0) is 91.3 Å². The monoisotopic (exact) mass is 957 g/mol. The second-order valence-corrected chi connectivity index (χ2v) is 18.8. The van der Waals surface area contributed by atoms with Crippen LogP contribution in [0.1, 0.15) is 131 Å². The van der Waals surface area contributed by atoms with Crippen molar-refractivity contribution in [3.63, 3.8) is 0 Å². The van der Waals surface area contributed by atoms with Gasteiger partial charge in [-0.1, -0.05) is 65.5 Å². The summed E-state index contributed by atoms with van der Waals surface area (Å²) in [5, 5.41) is 34.2. The molecular formula is C44H73F9N4O8. The lowest BCUT2D eigenvalue weighted by Crippen LogP contribution is -2.86. The third-order valence-electron chi connectivity index (χ3n) is 13.8. The molecule has 0 aromatic carbocycles. The first-order valence-electron chi connectivity index (χ1n) is 22.9. The Labute approximate surface area is 376 Å². The van der Waals surface area contributed by atoms with Crippen LogP contribution in [0.15, 0.2) is 11.6 Å². The lowest BCUT2D eigenvalue weighted by Gasteiger charge is -2.58.